The van der Waals surface area contributed by atoms with Gasteiger partial charge in [-0.25, -0.2) is 4.98 Å². The lowest BCUT2D eigenvalue weighted by atomic mass is 9.90. The summed E-state index contributed by atoms with van der Waals surface area (Å²) in [7, 11) is 0. The zero-order valence-electron chi connectivity index (χ0n) is 13.1. The highest BCUT2D eigenvalue weighted by Crippen LogP contribution is 2.54. The minimum absolute atomic E-state index is 0.0725. The van der Waals surface area contributed by atoms with Crippen LogP contribution in [-0.2, 0) is 11.6 Å². The second-order valence-electron chi connectivity index (χ2n) is 6.20. The molecule has 1 N–H and O–H groups in total. The van der Waals surface area contributed by atoms with Crippen LogP contribution in [-0.4, -0.2) is 14.6 Å². The van der Waals surface area contributed by atoms with E-state index in [4.69, 9.17) is 11.6 Å². The molecule has 132 valence electrons. The number of nitrogens with one attached hydrogen (secondary N) is 1. The Morgan fingerprint density at radius 1 is 1.27 bits per heavy atom. The van der Waals surface area contributed by atoms with Crippen molar-refractivity contribution >= 4 is 17.2 Å². The minimum Gasteiger partial charge on any atom is -0.291 e. The largest absolute Gasteiger partial charge is 0.423 e. The molecule has 0 bridgehead atoms. The number of nitrogens with zero attached hydrogens (tertiary/aromatic N) is 3. The molecular weight excluding hydrogens is 369 g/mol. The van der Waals surface area contributed by atoms with Crippen LogP contribution in [0.1, 0.15) is 35.2 Å². The highest BCUT2D eigenvalue weighted by atomic mass is 35.5. The van der Waals surface area contributed by atoms with Gasteiger partial charge in [0, 0.05) is 16.6 Å². The Hall–Kier alpha value is -2.79. The van der Waals surface area contributed by atoms with Gasteiger partial charge in [-0.15, -0.1) is 0 Å². The maximum Gasteiger partial charge on any atom is 0.423 e. The topological polar surface area (TPSA) is 73.9 Å². The summed E-state index contributed by atoms with van der Waals surface area (Å²) in [4.78, 5) is 15.9. The van der Waals surface area contributed by atoms with E-state index in [1.165, 1.54) is 0 Å². The molecule has 0 atom stereocenters. The Kier molecular flexibility index (Phi) is 3.43. The normalized spacial score (nSPS) is 15.8. The van der Waals surface area contributed by atoms with E-state index in [1.54, 1.807) is 24.3 Å². The molecule has 0 unspecified atom stereocenters. The molecule has 1 fully saturated rings. The van der Waals surface area contributed by atoms with Gasteiger partial charge in [0.05, 0.1) is 5.69 Å². The molecule has 1 aromatic carbocycles. The predicted octanol–water partition coefficient (Wildman–Crippen LogP) is 3.65. The number of hydrogen-bond acceptors (Lipinski definition) is 3. The van der Waals surface area contributed by atoms with E-state index in [-0.39, 0.29) is 11.2 Å². The van der Waals surface area contributed by atoms with E-state index in [2.05, 4.69) is 10.1 Å². The lowest BCUT2D eigenvalue weighted by Gasteiger charge is -2.14. The van der Waals surface area contributed by atoms with Crippen molar-refractivity contribution in [3.63, 3.8) is 0 Å². The Morgan fingerprint density at radius 3 is 2.46 bits per heavy atom. The first-order valence-electron chi connectivity index (χ1n) is 7.65. The smallest absolute Gasteiger partial charge is 0.291 e. The zero-order chi connectivity index (χ0) is 18.7. The van der Waals surface area contributed by atoms with Crippen molar-refractivity contribution in [2.24, 2.45) is 0 Å². The molecule has 3 aromatic rings. The average Bonchev–Trinajstić information content (AvgIpc) is 3.29. The summed E-state index contributed by atoms with van der Waals surface area (Å²) in [5, 5.41) is 12.8. The van der Waals surface area contributed by atoms with Crippen LogP contribution in [0, 0.1) is 11.3 Å². The maximum atomic E-state index is 13.0. The summed E-state index contributed by atoms with van der Waals surface area (Å²) in [5.74, 6) is 0. The molecule has 2 aromatic heterocycles. The van der Waals surface area contributed by atoms with Gasteiger partial charge in [-0.1, -0.05) is 23.7 Å². The molecule has 0 aliphatic heterocycles. The molecule has 0 spiro atoms. The summed E-state index contributed by atoms with van der Waals surface area (Å²) >= 11 is 5.91. The van der Waals surface area contributed by atoms with Crippen molar-refractivity contribution in [1.82, 2.24) is 14.6 Å². The number of H-pyrrole nitrogens is 1. The molecule has 1 aliphatic rings. The third kappa shape index (κ3) is 2.31. The van der Waals surface area contributed by atoms with Crippen LogP contribution in [0.15, 0.2) is 35.3 Å². The number of alkyl halides is 3. The molecule has 0 saturated heterocycles. The monoisotopic (exact) mass is 378 g/mol. The maximum absolute atomic E-state index is 13.0. The van der Waals surface area contributed by atoms with Crippen LogP contribution in [0.2, 0.25) is 5.02 Å². The molecule has 0 radical (unpaired) electrons. The number of halogens is 4. The quantitative estimate of drug-likeness (QED) is 0.739. The van der Waals surface area contributed by atoms with Gasteiger partial charge in [0.25, 0.3) is 5.56 Å². The van der Waals surface area contributed by atoms with E-state index < -0.39 is 22.7 Å². The van der Waals surface area contributed by atoms with Crippen LogP contribution >= 0.6 is 11.6 Å². The van der Waals surface area contributed by atoms with Gasteiger partial charge in [-0.2, -0.15) is 22.9 Å². The standard InChI is InChI=1S/C17H10ClF3N4O/c18-10-3-1-9(2-4-10)16(5-6-16)13-11(7-22)14-23-8-12(17(19,20)21)15(26)25(14)24-13/h1-4,8,24H,5-6H2. The molecular formula is C17H10ClF3N4O. The summed E-state index contributed by atoms with van der Waals surface area (Å²) < 4.78 is 39.6. The fraction of sp³-hybridized carbons (Fsp3) is 0.235. The van der Waals surface area contributed by atoms with Crippen molar-refractivity contribution in [1.29, 1.82) is 5.26 Å². The molecule has 4 rings (SSSR count). The van der Waals surface area contributed by atoms with Gasteiger partial charge < -0.3 is 0 Å². The first-order valence-corrected chi connectivity index (χ1v) is 8.03. The van der Waals surface area contributed by atoms with Crippen LogP contribution in [0.4, 0.5) is 13.2 Å². The summed E-state index contributed by atoms with van der Waals surface area (Å²) in [6, 6.07) is 8.99. The number of aromatic amines is 1. The lowest BCUT2D eigenvalue weighted by molar-refractivity contribution is -0.139. The lowest BCUT2D eigenvalue weighted by Crippen LogP contribution is -2.26. The van der Waals surface area contributed by atoms with Gasteiger partial charge in [-0.05, 0) is 30.5 Å². The SMILES string of the molecule is N#Cc1c(C2(c3ccc(Cl)cc3)CC2)[nH]n2c(=O)c(C(F)(F)F)cnc12. The summed E-state index contributed by atoms with van der Waals surface area (Å²) in [6.45, 7) is 0. The Balaban J connectivity index is 1.97. The van der Waals surface area contributed by atoms with Gasteiger partial charge in [-0.3, -0.25) is 9.89 Å². The molecule has 5 nitrogen and oxygen atoms in total. The Morgan fingerprint density at radius 2 is 1.92 bits per heavy atom. The summed E-state index contributed by atoms with van der Waals surface area (Å²) in [6.07, 6.45) is -2.97. The van der Waals surface area contributed by atoms with Crippen LogP contribution in [0.3, 0.4) is 0 Å². The van der Waals surface area contributed by atoms with E-state index in [9.17, 15) is 23.2 Å². The first kappa shape index (κ1) is 16.7. The summed E-state index contributed by atoms with van der Waals surface area (Å²) in [5.41, 5.74) is -2.00. The van der Waals surface area contributed by atoms with Crippen molar-refractivity contribution in [2.75, 3.05) is 0 Å². The van der Waals surface area contributed by atoms with E-state index >= 15 is 0 Å². The number of benzene rings is 1. The fourth-order valence-corrected chi connectivity index (χ4v) is 3.36. The number of hydrogen-bond donors (Lipinski definition) is 1. The van der Waals surface area contributed by atoms with E-state index in [0.29, 0.717) is 34.3 Å². The first-order chi connectivity index (χ1) is 12.3. The van der Waals surface area contributed by atoms with Crippen LogP contribution in [0.25, 0.3) is 5.65 Å². The molecule has 9 heteroatoms. The van der Waals surface area contributed by atoms with Gasteiger partial charge >= 0.3 is 6.18 Å². The van der Waals surface area contributed by atoms with Crippen molar-refractivity contribution in [3.8, 4) is 6.07 Å². The van der Waals surface area contributed by atoms with Crippen molar-refractivity contribution in [3.05, 3.63) is 68.2 Å². The van der Waals surface area contributed by atoms with Gasteiger partial charge in [0.2, 0.25) is 0 Å². The van der Waals surface area contributed by atoms with Gasteiger partial charge in [0.15, 0.2) is 5.65 Å². The Bertz CT molecular complexity index is 1120. The predicted molar refractivity (Wildman–Crippen MR) is 87.0 cm³/mol. The molecule has 0 amide bonds. The van der Waals surface area contributed by atoms with Crippen molar-refractivity contribution in [2.45, 2.75) is 24.4 Å². The number of aromatic nitrogens is 3. The minimum atomic E-state index is -4.82. The number of rotatable bonds is 2. The van der Waals surface area contributed by atoms with Gasteiger partial charge in [0.1, 0.15) is 17.2 Å². The second-order valence-corrected chi connectivity index (χ2v) is 6.63. The third-order valence-electron chi connectivity index (χ3n) is 4.70. The third-order valence-corrected chi connectivity index (χ3v) is 4.95. The molecule has 1 saturated carbocycles. The molecule has 1 aliphatic carbocycles. The zero-order valence-corrected chi connectivity index (χ0v) is 13.8. The van der Waals surface area contributed by atoms with E-state index in [0.717, 1.165) is 5.56 Å². The highest BCUT2D eigenvalue weighted by molar-refractivity contribution is 6.30. The van der Waals surface area contributed by atoms with Crippen molar-refractivity contribution < 1.29 is 13.2 Å². The van der Waals surface area contributed by atoms with E-state index in [1.807, 2.05) is 6.07 Å². The average molecular weight is 379 g/mol. The fourth-order valence-electron chi connectivity index (χ4n) is 3.24. The van der Waals surface area contributed by atoms with Crippen LogP contribution < -0.4 is 5.56 Å². The Labute approximate surface area is 149 Å². The highest BCUT2D eigenvalue weighted by Gasteiger charge is 2.49. The molecule has 26 heavy (non-hydrogen) atoms. The number of nitriles is 1. The second kappa shape index (κ2) is 5.35. The number of fused-ring (bicyclic) bond motifs is 1. The van der Waals surface area contributed by atoms with Crippen LogP contribution in [0.5, 0.6) is 0 Å². The molecule has 2 heterocycles.